The molecule has 14 nitrogen and oxygen atoms in total. The molecule has 1 amide bonds. The third-order valence-corrected chi connectivity index (χ3v) is 13.0. The first-order valence-electron chi connectivity index (χ1n) is 17.3. The molecular weight excluding hydrogens is 795 g/mol. The van der Waals surface area contributed by atoms with Gasteiger partial charge in [-0.15, -0.1) is 0 Å². The van der Waals surface area contributed by atoms with E-state index in [4.69, 9.17) is 4.42 Å². The molecule has 4 aromatic rings. The summed E-state index contributed by atoms with van der Waals surface area (Å²) in [6, 6.07) is 14.7. The average Bonchev–Trinajstić information content (AvgIpc) is 3.10. The van der Waals surface area contributed by atoms with Gasteiger partial charge in [0.05, 0.1) is 11.0 Å². The minimum atomic E-state index is -5.09. The van der Waals surface area contributed by atoms with Crippen molar-refractivity contribution in [1.82, 2.24) is 0 Å². The minimum absolute atomic E-state index is 0.0127. The predicted molar refractivity (Wildman–Crippen MR) is 217 cm³/mol. The van der Waals surface area contributed by atoms with Gasteiger partial charge in [-0.05, 0) is 112 Å². The van der Waals surface area contributed by atoms with Crippen LogP contribution in [0.1, 0.15) is 45.9 Å². The highest BCUT2D eigenvalue weighted by Gasteiger charge is 2.28. The number of amides is 1. The fraction of sp³-hybridized carbons (Fsp3) is 0.200. The van der Waals surface area contributed by atoms with E-state index in [1.54, 1.807) is 32.0 Å². The van der Waals surface area contributed by atoms with Crippen LogP contribution in [0.4, 0.5) is 22.7 Å². The Bertz CT molecular complexity index is 3100. The van der Waals surface area contributed by atoms with Crippen molar-refractivity contribution >= 4 is 70.0 Å². The predicted octanol–water partition coefficient (Wildman–Crippen LogP) is 8.04. The molecule has 6 rings (SSSR count). The van der Waals surface area contributed by atoms with Crippen molar-refractivity contribution in [2.24, 2.45) is 4.99 Å². The molecule has 0 radical (unpaired) electrons. The zero-order valence-corrected chi connectivity index (χ0v) is 34.5. The molecule has 2 aliphatic rings. The summed E-state index contributed by atoms with van der Waals surface area (Å²) in [6.07, 6.45) is 0. The molecule has 0 saturated heterocycles. The van der Waals surface area contributed by atoms with E-state index < -0.39 is 45.0 Å². The summed E-state index contributed by atoms with van der Waals surface area (Å²) < 4.78 is 114. The van der Waals surface area contributed by atoms with E-state index in [0.29, 0.717) is 33.6 Å². The van der Waals surface area contributed by atoms with Gasteiger partial charge in [-0.2, -0.15) is 25.3 Å². The highest BCUT2D eigenvalue weighted by Crippen LogP contribution is 2.44. The van der Waals surface area contributed by atoms with Crippen LogP contribution in [0.2, 0.25) is 0 Å². The van der Waals surface area contributed by atoms with Gasteiger partial charge in [-0.3, -0.25) is 18.5 Å². The Morgan fingerprint density at radius 1 is 0.649 bits per heavy atom. The van der Waals surface area contributed by atoms with Crippen molar-refractivity contribution in [3.05, 3.63) is 105 Å². The second-order valence-electron chi connectivity index (χ2n) is 13.9. The van der Waals surface area contributed by atoms with Gasteiger partial charge in [0.2, 0.25) is 5.91 Å². The third-order valence-electron chi connectivity index (χ3n) is 10.1. The highest BCUT2D eigenvalue weighted by atomic mass is 32.2. The number of hydrogen-bond donors (Lipinski definition) is 5. The average molecular weight is 834 g/mol. The number of aryl methyl sites for hydroxylation is 2. The van der Waals surface area contributed by atoms with Gasteiger partial charge in [-0.1, -0.05) is 24.3 Å². The molecule has 0 saturated carbocycles. The van der Waals surface area contributed by atoms with Gasteiger partial charge in [0.15, 0.2) is 0 Å². The Kier molecular flexibility index (Phi) is 10.5. The number of benzene rings is 5. The summed E-state index contributed by atoms with van der Waals surface area (Å²) in [6.45, 7) is 13.2. The lowest BCUT2D eigenvalue weighted by atomic mass is 9.93. The quantitative estimate of drug-likeness (QED) is 0.0725. The van der Waals surface area contributed by atoms with Crippen LogP contribution < -0.4 is 16.0 Å². The summed E-state index contributed by atoms with van der Waals surface area (Å²) in [5.41, 5.74) is 5.90. The van der Waals surface area contributed by atoms with Crippen LogP contribution in [0.5, 0.6) is 0 Å². The molecule has 0 fully saturated rings. The molecule has 298 valence electrons. The molecular formula is C40H39N3O11S3. The van der Waals surface area contributed by atoms with Crippen molar-refractivity contribution in [3.63, 3.8) is 0 Å². The molecule has 5 N–H and O–H groups in total. The number of fused-ring (bicyclic) bond motifs is 2. The summed E-state index contributed by atoms with van der Waals surface area (Å²) in [5, 5.41) is 6.19. The number of anilines is 3. The van der Waals surface area contributed by atoms with E-state index in [-0.39, 0.29) is 56.1 Å². The minimum Gasteiger partial charge on any atom is -0.456 e. The maximum Gasteiger partial charge on any atom is 0.296 e. The van der Waals surface area contributed by atoms with Crippen LogP contribution in [-0.2, 0) is 35.1 Å². The van der Waals surface area contributed by atoms with Gasteiger partial charge in [0.25, 0.3) is 30.4 Å². The lowest BCUT2D eigenvalue weighted by Crippen LogP contribution is -2.17. The fourth-order valence-corrected chi connectivity index (χ4v) is 9.69. The van der Waals surface area contributed by atoms with Gasteiger partial charge in [0, 0.05) is 58.2 Å². The fourth-order valence-electron chi connectivity index (χ4n) is 7.33. The molecule has 1 aliphatic carbocycles. The van der Waals surface area contributed by atoms with E-state index in [1.807, 2.05) is 26.8 Å². The molecule has 17 heteroatoms. The van der Waals surface area contributed by atoms with Crippen LogP contribution in [-0.4, -0.2) is 44.8 Å². The summed E-state index contributed by atoms with van der Waals surface area (Å²) >= 11 is 0. The SMILES string of the molecule is CC(=O)Nc1c(C)cc(C)c(Nc2ccc3c(-c4ccccc4S(=O)(=O)O)c4cc(S(=O)(=O)O)/c(=N/c5c(C)c(C)c(C)c(S(=O)(=O)O)c5C)cc-4oc3c2)c1C. The molecule has 0 unspecified atom stereocenters. The van der Waals surface area contributed by atoms with Gasteiger partial charge < -0.3 is 15.1 Å². The van der Waals surface area contributed by atoms with Crippen LogP contribution in [0.25, 0.3) is 33.4 Å². The summed E-state index contributed by atoms with van der Waals surface area (Å²) in [4.78, 5) is 14.9. The van der Waals surface area contributed by atoms with E-state index >= 15 is 0 Å². The first-order chi connectivity index (χ1) is 26.4. The number of nitrogens with zero attached hydrogens (tertiary/aromatic N) is 1. The third kappa shape index (κ3) is 7.69. The van der Waals surface area contributed by atoms with E-state index in [2.05, 4.69) is 15.6 Å². The second-order valence-corrected chi connectivity index (χ2v) is 18.0. The van der Waals surface area contributed by atoms with Crippen molar-refractivity contribution < 1.29 is 48.1 Å². The van der Waals surface area contributed by atoms with E-state index in [9.17, 15) is 43.7 Å². The number of rotatable bonds is 8. The van der Waals surface area contributed by atoms with Gasteiger partial charge in [0.1, 0.15) is 26.0 Å². The van der Waals surface area contributed by atoms with Crippen LogP contribution in [0, 0.1) is 48.5 Å². The number of nitrogens with one attached hydrogen (secondary N) is 2. The number of hydrogen-bond acceptors (Lipinski definition) is 10. The van der Waals surface area contributed by atoms with Crippen LogP contribution >= 0.6 is 0 Å². The molecule has 1 heterocycles. The Morgan fingerprint density at radius 2 is 1.28 bits per heavy atom. The van der Waals surface area contributed by atoms with Crippen LogP contribution in [0.3, 0.4) is 0 Å². The topological polar surface area (TPSA) is 230 Å². The first kappa shape index (κ1) is 41.2. The number of carbonyl (C=O) groups excluding carboxylic acids is 1. The Labute approximate surface area is 329 Å². The monoisotopic (exact) mass is 833 g/mol. The maximum atomic E-state index is 13.1. The Morgan fingerprint density at radius 3 is 1.89 bits per heavy atom. The first-order valence-corrected chi connectivity index (χ1v) is 21.6. The molecule has 0 bridgehead atoms. The maximum absolute atomic E-state index is 13.1. The van der Waals surface area contributed by atoms with Crippen LogP contribution in [0.15, 0.2) is 84.8 Å². The van der Waals surface area contributed by atoms with E-state index in [1.165, 1.54) is 51.1 Å². The molecule has 0 aromatic heterocycles. The zero-order chi connectivity index (χ0) is 42.1. The van der Waals surface area contributed by atoms with Gasteiger partial charge >= 0.3 is 0 Å². The Hall–Kier alpha value is -5.43. The van der Waals surface area contributed by atoms with Crippen molar-refractivity contribution in [1.29, 1.82) is 0 Å². The Balaban J connectivity index is 1.74. The zero-order valence-electron chi connectivity index (χ0n) is 32.1. The summed E-state index contributed by atoms with van der Waals surface area (Å²) in [7, 11) is -14.7. The van der Waals surface area contributed by atoms with E-state index in [0.717, 1.165) is 22.8 Å². The molecule has 1 aliphatic heterocycles. The van der Waals surface area contributed by atoms with Crippen molar-refractivity contribution in [2.45, 2.75) is 70.1 Å². The molecule has 4 aromatic carbocycles. The highest BCUT2D eigenvalue weighted by molar-refractivity contribution is 7.86. The smallest absolute Gasteiger partial charge is 0.296 e. The normalized spacial score (nSPS) is 12.7. The number of carbonyl (C=O) groups is 1. The molecule has 0 atom stereocenters. The molecule has 0 spiro atoms. The second kappa shape index (κ2) is 14.5. The largest absolute Gasteiger partial charge is 0.456 e. The van der Waals surface area contributed by atoms with Crippen molar-refractivity contribution in [3.8, 4) is 22.5 Å². The standard InChI is InChI=1S/C40H39N3O11S3/c1-19-15-20(2)38(24(6)37(19)41-26(8)44)42-27-13-14-28-32(16-27)54-33-18-31(43-39-22(4)21(3)23(5)40(25(39)7)57(51,52)53)35(56(48,49)50)17-30(33)36(28)29-11-9-10-12-34(29)55(45,46)47/h9-18,42H,1-8H3,(H,41,44)(H,45,46,47)(H,48,49,50)(H,51,52,53)/b43-31+. The lowest BCUT2D eigenvalue weighted by molar-refractivity contribution is -0.114. The van der Waals surface area contributed by atoms with Gasteiger partial charge in [-0.25, -0.2) is 4.99 Å². The van der Waals surface area contributed by atoms with Crippen molar-refractivity contribution in [2.75, 3.05) is 10.6 Å². The molecule has 57 heavy (non-hydrogen) atoms. The lowest BCUT2D eigenvalue weighted by Gasteiger charge is -2.21. The summed E-state index contributed by atoms with van der Waals surface area (Å²) in [5.74, 6) is -0.272.